The molecule has 7 nitrogen and oxygen atoms in total. The third kappa shape index (κ3) is 6.84. The van der Waals surface area contributed by atoms with Gasteiger partial charge < -0.3 is 19.9 Å². The molecular weight excluding hydrogens is 328 g/mol. The molecule has 142 valence electrons. The van der Waals surface area contributed by atoms with Crippen LogP contribution in [0.15, 0.2) is 41.7 Å². The molecule has 7 heteroatoms. The van der Waals surface area contributed by atoms with Crippen LogP contribution in [0.25, 0.3) is 0 Å². The van der Waals surface area contributed by atoms with E-state index >= 15 is 0 Å². The predicted molar refractivity (Wildman–Crippen MR) is 104 cm³/mol. The highest BCUT2D eigenvalue weighted by Gasteiger charge is 2.05. The van der Waals surface area contributed by atoms with Gasteiger partial charge in [-0.05, 0) is 11.5 Å². The van der Waals surface area contributed by atoms with Crippen molar-refractivity contribution < 1.29 is 4.74 Å². The normalized spacial score (nSPS) is 12.8. The topological polar surface area (TPSA) is 76.4 Å². The van der Waals surface area contributed by atoms with Crippen molar-refractivity contribution in [1.29, 1.82) is 0 Å². The van der Waals surface area contributed by atoms with Crippen molar-refractivity contribution in [2.45, 2.75) is 33.4 Å². The lowest BCUT2D eigenvalue weighted by Crippen LogP contribution is -2.41. The summed E-state index contributed by atoms with van der Waals surface area (Å²) >= 11 is 0. The summed E-state index contributed by atoms with van der Waals surface area (Å²) in [4.78, 5) is 4.26. The minimum absolute atomic E-state index is 0.391. The van der Waals surface area contributed by atoms with Gasteiger partial charge in [-0.15, -0.1) is 10.2 Å². The van der Waals surface area contributed by atoms with Gasteiger partial charge in [0, 0.05) is 33.1 Å². The van der Waals surface area contributed by atoms with Gasteiger partial charge in [-0.2, -0.15) is 0 Å². The van der Waals surface area contributed by atoms with Gasteiger partial charge >= 0.3 is 0 Å². The van der Waals surface area contributed by atoms with E-state index in [1.54, 1.807) is 13.4 Å². The van der Waals surface area contributed by atoms with Crippen LogP contribution in [-0.2, 0) is 24.3 Å². The first-order valence-corrected chi connectivity index (χ1v) is 9.15. The van der Waals surface area contributed by atoms with Gasteiger partial charge in [-0.1, -0.05) is 44.2 Å². The van der Waals surface area contributed by atoms with Crippen LogP contribution >= 0.6 is 0 Å². The lowest BCUT2D eigenvalue weighted by atomic mass is 10.2. The van der Waals surface area contributed by atoms with E-state index in [-0.39, 0.29) is 0 Å². The van der Waals surface area contributed by atoms with E-state index in [0.29, 0.717) is 19.1 Å². The Kier molecular flexibility index (Phi) is 8.62. The SMILES string of the molecule is CCc1nncn1CCNC(=NC)NCC(C)COCc1ccccc1. The number of benzene rings is 1. The highest BCUT2D eigenvalue weighted by atomic mass is 16.5. The zero-order valence-electron chi connectivity index (χ0n) is 16.0. The minimum atomic E-state index is 0.391. The standard InChI is InChI=1S/C19H30N6O/c1-4-18-24-23-15-25(18)11-10-21-19(20-3)22-12-16(2)13-26-14-17-8-6-5-7-9-17/h5-9,15-16H,4,10-14H2,1-3H3,(H2,20,21,22). The molecule has 1 heterocycles. The Morgan fingerprint density at radius 1 is 1.27 bits per heavy atom. The average Bonchev–Trinajstić information content (AvgIpc) is 3.13. The van der Waals surface area contributed by atoms with E-state index in [4.69, 9.17) is 4.74 Å². The van der Waals surface area contributed by atoms with Gasteiger partial charge in [0.2, 0.25) is 0 Å². The van der Waals surface area contributed by atoms with Gasteiger partial charge in [0.1, 0.15) is 12.2 Å². The first-order valence-electron chi connectivity index (χ1n) is 9.15. The number of hydrogen-bond donors (Lipinski definition) is 2. The zero-order valence-corrected chi connectivity index (χ0v) is 16.0. The molecule has 2 aromatic rings. The van der Waals surface area contributed by atoms with E-state index < -0.39 is 0 Å². The molecule has 1 atom stereocenters. The van der Waals surface area contributed by atoms with Gasteiger partial charge in [-0.25, -0.2) is 0 Å². The van der Waals surface area contributed by atoms with Crippen molar-refractivity contribution in [1.82, 2.24) is 25.4 Å². The molecule has 26 heavy (non-hydrogen) atoms. The van der Waals surface area contributed by atoms with E-state index in [2.05, 4.69) is 56.4 Å². The smallest absolute Gasteiger partial charge is 0.191 e. The third-order valence-corrected chi connectivity index (χ3v) is 4.01. The molecule has 0 aliphatic rings. The monoisotopic (exact) mass is 358 g/mol. The van der Waals surface area contributed by atoms with E-state index in [1.165, 1.54) is 5.56 Å². The molecule has 2 N–H and O–H groups in total. The first-order chi connectivity index (χ1) is 12.7. The second kappa shape index (κ2) is 11.3. The van der Waals surface area contributed by atoms with Crippen molar-refractivity contribution in [3.05, 3.63) is 48.0 Å². The molecule has 0 bridgehead atoms. The molecule has 0 radical (unpaired) electrons. The predicted octanol–water partition coefficient (Wildman–Crippen LogP) is 1.86. The van der Waals surface area contributed by atoms with Crippen molar-refractivity contribution in [2.24, 2.45) is 10.9 Å². The third-order valence-electron chi connectivity index (χ3n) is 4.01. The molecule has 0 saturated carbocycles. The maximum absolute atomic E-state index is 5.79. The van der Waals surface area contributed by atoms with Crippen LogP contribution in [0.5, 0.6) is 0 Å². The molecule has 2 rings (SSSR count). The maximum Gasteiger partial charge on any atom is 0.191 e. The molecule has 1 unspecified atom stereocenters. The number of nitrogens with zero attached hydrogens (tertiary/aromatic N) is 4. The fourth-order valence-electron chi connectivity index (χ4n) is 2.54. The summed E-state index contributed by atoms with van der Waals surface area (Å²) in [5.41, 5.74) is 1.20. The Morgan fingerprint density at radius 2 is 2.08 bits per heavy atom. The Hall–Kier alpha value is -2.41. The van der Waals surface area contributed by atoms with Crippen LogP contribution in [0.4, 0.5) is 0 Å². The van der Waals surface area contributed by atoms with Crippen molar-refractivity contribution in [3.63, 3.8) is 0 Å². The Bertz CT molecular complexity index is 655. The summed E-state index contributed by atoms with van der Waals surface area (Å²) < 4.78 is 7.84. The lowest BCUT2D eigenvalue weighted by molar-refractivity contribution is 0.0931. The second-order valence-corrected chi connectivity index (χ2v) is 6.28. The lowest BCUT2D eigenvalue weighted by Gasteiger charge is -2.16. The van der Waals surface area contributed by atoms with Gasteiger partial charge in [0.05, 0.1) is 13.2 Å². The highest BCUT2D eigenvalue weighted by molar-refractivity contribution is 5.79. The number of hydrogen-bond acceptors (Lipinski definition) is 4. The molecule has 0 saturated heterocycles. The molecule has 1 aromatic heterocycles. The average molecular weight is 358 g/mol. The van der Waals surface area contributed by atoms with E-state index in [9.17, 15) is 0 Å². The minimum Gasteiger partial charge on any atom is -0.376 e. The summed E-state index contributed by atoms with van der Waals surface area (Å²) in [6, 6.07) is 10.2. The summed E-state index contributed by atoms with van der Waals surface area (Å²) in [5, 5.41) is 14.7. The number of nitrogens with one attached hydrogen (secondary N) is 2. The van der Waals surface area contributed by atoms with Crippen LogP contribution in [-0.4, -0.2) is 47.5 Å². The van der Waals surface area contributed by atoms with Crippen LogP contribution in [0.2, 0.25) is 0 Å². The number of aryl methyl sites for hydroxylation is 1. The molecular formula is C19H30N6O. The largest absolute Gasteiger partial charge is 0.376 e. The van der Waals surface area contributed by atoms with Gasteiger partial charge in [-0.3, -0.25) is 4.99 Å². The van der Waals surface area contributed by atoms with E-state index in [1.807, 2.05) is 18.2 Å². The number of ether oxygens (including phenoxy) is 1. The van der Waals surface area contributed by atoms with Crippen molar-refractivity contribution in [3.8, 4) is 0 Å². The second-order valence-electron chi connectivity index (χ2n) is 6.28. The molecule has 1 aromatic carbocycles. The van der Waals surface area contributed by atoms with Crippen LogP contribution < -0.4 is 10.6 Å². The number of guanidine groups is 1. The molecule has 0 spiro atoms. The van der Waals surface area contributed by atoms with Crippen molar-refractivity contribution >= 4 is 5.96 Å². The van der Waals surface area contributed by atoms with Crippen LogP contribution in [0.3, 0.4) is 0 Å². The number of aromatic nitrogens is 3. The van der Waals surface area contributed by atoms with Crippen LogP contribution in [0.1, 0.15) is 25.2 Å². The number of rotatable bonds is 10. The van der Waals surface area contributed by atoms with Gasteiger partial charge in [0.15, 0.2) is 5.96 Å². The van der Waals surface area contributed by atoms with E-state index in [0.717, 1.165) is 37.8 Å². The maximum atomic E-state index is 5.79. The Balaban J connectivity index is 1.61. The summed E-state index contributed by atoms with van der Waals surface area (Å²) in [6.45, 7) is 7.99. The first kappa shape index (κ1) is 19.9. The molecule has 0 aliphatic carbocycles. The zero-order chi connectivity index (χ0) is 18.6. The summed E-state index contributed by atoms with van der Waals surface area (Å²) in [5.74, 6) is 2.19. The Labute approximate surface area is 155 Å². The summed E-state index contributed by atoms with van der Waals surface area (Å²) in [7, 11) is 1.78. The van der Waals surface area contributed by atoms with Crippen LogP contribution in [0, 0.1) is 5.92 Å². The fourth-order valence-corrected chi connectivity index (χ4v) is 2.54. The summed E-state index contributed by atoms with van der Waals surface area (Å²) in [6.07, 6.45) is 2.65. The Morgan fingerprint density at radius 3 is 2.81 bits per heavy atom. The molecule has 0 aliphatic heterocycles. The number of aliphatic imine (C=N–C) groups is 1. The molecule has 0 fully saturated rings. The molecule has 0 amide bonds. The van der Waals surface area contributed by atoms with Crippen molar-refractivity contribution in [2.75, 3.05) is 26.7 Å². The highest BCUT2D eigenvalue weighted by Crippen LogP contribution is 2.02. The fraction of sp³-hybridized carbons (Fsp3) is 0.526. The quantitative estimate of drug-likeness (QED) is 0.501. The van der Waals surface area contributed by atoms with Gasteiger partial charge in [0.25, 0.3) is 0 Å².